The van der Waals surface area contributed by atoms with E-state index in [0.717, 1.165) is 0 Å². The molecule has 1 saturated carbocycles. The molecule has 2 aliphatic rings. The molecule has 2 unspecified atom stereocenters. The molecule has 0 aromatic heterocycles. The van der Waals surface area contributed by atoms with E-state index < -0.39 is 6.10 Å². The van der Waals surface area contributed by atoms with Crippen LogP contribution in [0.15, 0.2) is 30.3 Å². The third-order valence-corrected chi connectivity index (χ3v) is 4.89. The molecule has 5 heteroatoms. The van der Waals surface area contributed by atoms with Crippen LogP contribution < -0.4 is 0 Å². The number of carbonyl (C=O) groups is 2. The number of ether oxygens (including phenoxy) is 1. The molecule has 2 fully saturated rings. The first kappa shape index (κ1) is 15.0. The van der Waals surface area contributed by atoms with Crippen molar-refractivity contribution in [3.8, 4) is 0 Å². The molecule has 1 aromatic carbocycles. The Hall–Kier alpha value is -1.88. The van der Waals surface area contributed by atoms with Crippen LogP contribution in [-0.2, 0) is 9.53 Å². The maximum absolute atomic E-state index is 12.6. The number of methoxy groups -OCH3 is 1. The van der Waals surface area contributed by atoms with Gasteiger partial charge in [-0.05, 0) is 25.0 Å². The Labute approximate surface area is 129 Å². The molecule has 0 radical (unpaired) electrons. The average molecular weight is 303 g/mol. The molecule has 0 spiro atoms. The topological polar surface area (TPSA) is 66.8 Å². The summed E-state index contributed by atoms with van der Waals surface area (Å²) in [5.74, 6) is -0.463. The second-order valence-corrected chi connectivity index (χ2v) is 6.28. The van der Waals surface area contributed by atoms with Gasteiger partial charge < -0.3 is 14.7 Å². The van der Waals surface area contributed by atoms with Gasteiger partial charge in [0.05, 0.1) is 19.1 Å². The number of hydrogen-bond acceptors (Lipinski definition) is 4. The van der Waals surface area contributed by atoms with Crippen molar-refractivity contribution < 1.29 is 19.4 Å². The van der Waals surface area contributed by atoms with E-state index in [4.69, 9.17) is 4.74 Å². The molecule has 1 heterocycles. The fourth-order valence-corrected chi connectivity index (χ4v) is 3.78. The predicted octanol–water partition coefficient (Wildman–Crippen LogP) is 1.32. The Morgan fingerprint density at radius 2 is 1.73 bits per heavy atom. The summed E-state index contributed by atoms with van der Waals surface area (Å²) < 4.78 is 4.83. The number of esters is 1. The predicted molar refractivity (Wildman–Crippen MR) is 80.1 cm³/mol. The molecule has 1 aliphatic carbocycles. The fraction of sp³-hybridized carbons (Fsp3) is 0.529. The summed E-state index contributed by atoms with van der Waals surface area (Å²) in [6, 6.07) is 9.19. The summed E-state index contributed by atoms with van der Waals surface area (Å²) in [6.07, 6.45) is 0.743. The molecular formula is C17H21NO4. The lowest BCUT2D eigenvalue weighted by molar-refractivity contribution is -0.152. The van der Waals surface area contributed by atoms with Crippen molar-refractivity contribution in [2.45, 2.75) is 18.9 Å². The van der Waals surface area contributed by atoms with E-state index in [-0.39, 0.29) is 29.6 Å². The molecule has 1 amide bonds. The van der Waals surface area contributed by atoms with Gasteiger partial charge in [-0.25, -0.2) is 0 Å². The maximum atomic E-state index is 12.6. The molecule has 1 aliphatic heterocycles. The molecule has 1 saturated heterocycles. The zero-order chi connectivity index (χ0) is 15.7. The Morgan fingerprint density at radius 3 is 2.27 bits per heavy atom. The maximum Gasteiger partial charge on any atom is 0.308 e. The highest BCUT2D eigenvalue weighted by Crippen LogP contribution is 2.39. The van der Waals surface area contributed by atoms with Crippen LogP contribution in [0.25, 0.3) is 0 Å². The number of carbonyl (C=O) groups excluding carboxylic acids is 2. The van der Waals surface area contributed by atoms with Crippen molar-refractivity contribution in [1.29, 1.82) is 0 Å². The lowest BCUT2D eigenvalue weighted by Gasteiger charge is -2.46. The lowest BCUT2D eigenvalue weighted by atomic mass is 9.70. The standard InChI is InChI=1S/C17H21NO4/c1-22-17(21)12-7-13-9-18(10-14(8-12)15(13)19)16(20)11-5-3-2-4-6-11/h2-6,12-15,19H,7-10H2,1H3. The Morgan fingerprint density at radius 1 is 1.14 bits per heavy atom. The van der Waals surface area contributed by atoms with Crippen LogP contribution in [0, 0.1) is 17.8 Å². The minimum Gasteiger partial charge on any atom is -0.469 e. The van der Waals surface area contributed by atoms with Crippen molar-refractivity contribution >= 4 is 11.9 Å². The summed E-state index contributed by atoms with van der Waals surface area (Å²) in [6.45, 7) is 0.998. The largest absolute Gasteiger partial charge is 0.469 e. The fourth-order valence-electron chi connectivity index (χ4n) is 3.78. The highest BCUT2D eigenvalue weighted by molar-refractivity contribution is 5.94. The van der Waals surface area contributed by atoms with Gasteiger partial charge in [-0.1, -0.05) is 18.2 Å². The van der Waals surface area contributed by atoms with Gasteiger partial charge in [0.2, 0.25) is 0 Å². The van der Waals surface area contributed by atoms with Gasteiger partial charge in [0.25, 0.3) is 5.91 Å². The van der Waals surface area contributed by atoms with Gasteiger partial charge in [-0.2, -0.15) is 0 Å². The van der Waals surface area contributed by atoms with Crippen LogP contribution in [0.1, 0.15) is 23.2 Å². The number of benzene rings is 1. The van der Waals surface area contributed by atoms with Crippen molar-refractivity contribution in [3.05, 3.63) is 35.9 Å². The lowest BCUT2D eigenvalue weighted by Crippen LogP contribution is -2.55. The Bertz CT molecular complexity index is 543. The van der Waals surface area contributed by atoms with Gasteiger partial charge in [-0.15, -0.1) is 0 Å². The number of amides is 1. The number of rotatable bonds is 2. The van der Waals surface area contributed by atoms with E-state index in [1.807, 2.05) is 23.1 Å². The van der Waals surface area contributed by atoms with E-state index in [9.17, 15) is 14.7 Å². The monoisotopic (exact) mass is 303 g/mol. The van der Waals surface area contributed by atoms with Crippen molar-refractivity contribution in [2.75, 3.05) is 20.2 Å². The molecule has 2 bridgehead atoms. The van der Waals surface area contributed by atoms with Crippen molar-refractivity contribution in [2.24, 2.45) is 17.8 Å². The zero-order valence-electron chi connectivity index (χ0n) is 12.6. The minimum atomic E-state index is -0.430. The van der Waals surface area contributed by atoms with Crippen LogP contribution in [0.4, 0.5) is 0 Å². The molecule has 5 nitrogen and oxygen atoms in total. The van der Waals surface area contributed by atoms with Gasteiger partial charge >= 0.3 is 5.97 Å². The van der Waals surface area contributed by atoms with E-state index in [0.29, 0.717) is 31.5 Å². The molecule has 3 rings (SSSR count). The summed E-state index contributed by atoms with van der Waals surface area (Å²) in [5, 5.41) is 10.3. The molecule has 22 heavy (non-hydrogen) atoms. The number of aliphatic hydroxyl groups is 1. The highest BCUT2D eigenvalue weighted by atomic mass is 16.5. The molecule has 2 atom stereocenters. The summed E-state index contributed by atoms with van der Waals surface area (Å²) >= 11 is 0. The summed E-state index contributed by atoms with van der Waals surface area (Å²) in [4.78, 5) is 26.1. The Balaban J connectivity index is 1.73. The smallest absolute Gasteiger partial charge is 0.308 e. The van der Waals surface area contributed by atoms with E-state index in [2.05, 4.69) is 0 Å². The summed E-state index contributed by atoms with van der Waals surface area (Å²) in [7, 11) is 1.40. The van der Waals surface area contributed by atoms with Crippen LogP contribution in [-0.4, -0.2) is 48.2 Å². The number of piperidine rings is 1. The molecule has 1 N–H and O–H groups in total. The first-order valence-corrected chi connectivity index (χ1v) is 7.70. The third kappa shape index (κ3) is 2.73. The first-order chi connectivity index (χ1) is 10.6. The van der Waals surface area contributed by atoms with E-state index in [1.165, 1.54) is 7.11 Å². The highest BCUT2D eigenvalue weighted by Gasteiger charge is 2.45. The molecule has 118 valence electrons. The number of hydrogen-bond donors (Lipinski definition) is 1. The minimum absolute atomic E-state index is 0.000909. The second kappa shape index (κ2) is 6.08. The molecule has 1 aromatic rings. The van der Waals surface area contributed by atoms with Crippen molar-refractivity contribution in [3.63, 3.8) is 0 Å². The second-order valence-electron chi connectivity index (χ2n) is 6.28. The Kier molecular flexibility index (Phi) is 4.16. The van der Waals surface area contributed by atoms with Gasteiger partial charge in [0.1, 0.15) is 0 Å². The van der Waals surface area contributed by atoms with Crippen LogP contribution in [0.3, 0.4) is 0 Å². The quantitative estimate of drug-likeness (QED) is 0.837. The van der Waals surface area contributed by atoms with E-state index >= 15 is 0 Å². The zero-order valence-corrected chi connectivity index (χ0v) is 12.6. The normalized spacial score (nSPS) is 30.7. The van der Waals surface area contributed by atoms with Gasteiger partial charge in [0, 0.05) is 30.5 Å². The van der Waals surface area contributed by atoms with Crippen LogP contribution >= 0.6 is 0 Å². The number of fused-ring (bicyclic) bond motifs is 2. The average Bonchev–Trinajstić information content (AvgIpc) is 2.54. The van der Waals surface area contributed by atoms with Crippen LogP contribution in [0.2, 0.25) is 0 Å². The molecular weight excluding hydrogens is 282 g/mol. The van der Waals surface area contributed by atoms with Gasteiger partial charge in [0.15, 0.2) is 0 Å². The first-order valence-electron chi connectivity index (χ1n) is 7.70. The third-order valence-electron chi connectivity index (χ3n) is 4.89. The summed E-state index contributed by atoms with van der Waals surface area (Å²) in [5.41, 5.74) is 0.668. The number of aliphatic hydroxyl groups excluding tert-OH is 1. The number of nitrogens with zero attached hydrogens (tertiary/aromatic N) is 1. The van der Waals surface area contributed by atoms with Gasteiger partial charge in [-0.3, -0.25) is 9.59 Å². The number of likely N-dealkylation sites (tertiary alicyclic amines) is 1. The van der Waals surface area contributed by atoms with E-state index in [1.54, 1.807) is 12.1 Å². The van der Waals surface area contributed by atoms with Crippen LogP contribution in [0.5, 0.6) is 0 Å². The SMILES string of the molecule is COC(=O)C1CC2CN(C(=O)c3ccccc3)CC(C1)C2O. The van der Waals surface area contributed by atoms with Crippen molar-refractivity contribution in [1.82, 2.24) is 4.90 Å².